The van der Waals surface area contributed by atoms with Crippen molar-refractivity contribution >= 4 is 23.5 Å². The number of benzene rings is 2. The lowest BCUT2D eigenvalue weighted by atomic mass is 9.96. The Morgan fingerprint density at radius 2 is 1.79 bits per heavy atom. The molecule has 3 aromatic rings. The lowest BCUT2D eigenvalue weighted by Gasteiger charge is -2.28. The highest BCUT2D eigenvalue weighted by atomic mass is 16.7. The van der Waals surface area contributed by atoms with Crippen molar-refractivity contribution in [1.29, 1.82) is 0 Å². The molecule has 34 heavy (non-hydrogen) atoms. The van der Waals surface area contributed by atoms with Crippen LogP contribution in [0, 0.1) is 0 Å². The number of primary amides is 1. The maximum absolute atomic E-state index is 13.1. The van der Waals surface area contributed by atoms with E-state index in [1.54, 1.807) is 23.2 Å². The van der Waals surface area contributed by atoms with E-state index in [1.807, 2.05) is 48.5 Å². The number of hydroxylamine groups is 2. The second-order valence-electron chi connectivity index (χ2n) is 8.30. The SMILES string of the molecule is NC(=O)C[C@@H]1c2nn(CC(=O)Nc3ccccc3)cc2[C@H]2CN1C(=O)N2OCc1ccccc1. The number of fused-ring (bicyclic) bond motifs is 4. The second kappa shape index (κ2) is 8.99. The summed E-state index contributed by atoms with van der Waals surface area (Å²) in [5.41, 5.74) is 8.39. The van der Waals surface area contributed by atoms with Crippen molar-refractivity contribution in [3.8, 4) is 0 Å². The van der Waals surface area contributed by atoms with Gasteiger partial charge in [0.2, 0.25) is 11.8 Å². The molecule has 2 aromatic carbocycles. The predicted octanol–water partition coefficient (Wildman–Crippen LogP) is 2.36. The van der Waals surface area contributed by atoms with E-state index in [9.17, 15) is 14.4 Å². The maximum Gasteiger partial charge on any atom is 0.345 e. The van der Waals surface area contributed by atoms with Crippen molar-refractivity contribution in [2.45, 2.75) is 31.7 Å². The van der Waals surface area contributed by atoms with Crippen LogP contribution in [-0.4, -0.2) is 44.1 Å². The van der Waals surface area contributed by atoms with Crippen molar-refractivity contribution in [3.63, 3.8) is 0 Å². The quantitative estimate of drug-likeness (QED) is 0.534. The van der Waals surface area contributed by atoms with E-state index in [1.165, 1.54) is 9.75 Å². The predicted molar refractivity (Wildman–Crippen MR) is 122 cm³/mol. The fourth-order valence-electron chi connectivity index (χ4n) is 4.41. The van der Waals surface area contributed by atoms with Gasteiger partial charge in [-0.3, -0.25) is 19.1 Å². The van der Waals surface area contributed by atoms with Gasteiger partial charge in [-0.05, 0) is 17.7 Å². The highest BCUT2D eigenvalue weighted by Crippen LogP contribution is 2.44. The minimum absolute atomic E-state index is 0.0171. The molecule has 0 saturated carbocycles. The minimum Gasteiger partial charge on any atom is -0.370 e. The van der Waals surface area contributed by atoms with Gasteiger partial charge in [0.25, 0.3) is 0 Å². The third-order valence-electron chi connectivity index (χ3n) is 5.93. The topological polar surface area (TPSA) is 123 Å². The number of aromatic nitrogens is 2. The number of nitrogens with two attached hydrogens (primary N) is 1. The summed E-state index contributed by atoms with van der Waals surface area (Å²) in [6.45, 7) is 0.553. The molecule has 0 spiro atoms. The van der Waals surface area contributed by atoms with Gasteiger partial charge in [0, 0.05) is 17.4 Å². The third kappa shape index (κ3) is 4.23. The molecule has 2 aliphatic heterocycles. The van der Waals surface area contributed by atoms with Gasteiger partial charge in [0.15, 0.2) is 0 Å². The molecule has 0 unspecified atom stereocenters. The standard InChI is InChI=1S/C24H24N6O4/c25-21(31)11-19-23-18(12-28(27-23)14-22(32)26-17-9-5-2-6-10-17)20-13-29(19)24(33)30(20)34-15-16-7-3-1-4-8-16/h1-10,12,19-20H,11,13-15H2,(H2,25,31)(H,26,32)/t19-,20-/m1/s1. The van der Waals surface area contributed by atoms with Crippen molar-refractivity contribution in [1.82, 2.24) is 19.7 Å². The lowest BCUT2D eigenvalue weighted by molar-refractivity contribution is -0.141. The maximum atomic E-state index is 13.1. The number of hydrogen-bond donors (Lipinski definition) is 2. The van der Waals surface area contributed by atoms with Crippen LogP contribution in [0.2, 0.25) is 0 Å². The van der Waals surface area contributed by atoms with E-state index >= 15 is 0 Å². The Labute approximate surface area is 195 Å². The molecule has 2 aliphatic rings. The average Bonchev–Trinajstić information content (AvgIpc) is 3.36. The Morgan fingerprint density at radius 3 is 2.50 bits per heavy atom. The van der Waals surface area contributed by atoms with Crippen LogP contribution in [0.1, 0.15) is 35.3 Å². The molecule has 1 saturated heterocycles. The fourth-order valence-corrected chi connectivity index (χ4v) is 4.41. The molecule has 2 bridgehead atoms. The molecule has 1 aromatic heterocycles. The molecule has 2 atom stereocenters. The zero-order chi connectivity index (χ0) is 23.7. The van der Waals surface area contributed by atoms with E-state index < -0.39 is 18.0 Å². The largest absolute Gasteiger partial charge is 0.370 e. The van der Waals surface area contributed by atoms with E-state index in [-0.39, 0.29) is 31.5 Å². The molecule has 3 N–H and O–H groups in total. The van der Waals surface area contributed by atoms with Crippen LogP contribution in [0.15, 0.2) is 66.9 Å². The zero-order valence-corrected chi connectivity index (χ0v) is 18.3. The summed E-state index contributed by atoms with van der Waals surface area (Å²) >= 11 is 0. The smallest absolute Gasteiger partial charge is 0.345 e. The monoisotopic (exact) mass is 460 g/mol. The number of urea groups is 1. The summed E-state index contributed by atoms with van der Waals surface area (Å²) in [6.07, 6.45) is 1.68. The van der Waals surface area contributed by atoms with Gasteiger partial charge in [0.1, 0.15) is 19.2 Å². The Kier molecular flexibility index (Phi) is 5.72. The number of para-hydroxylation sites is 1. The molecule has 10 heteroatoms. The van der Waals surface area contributed by atoms with Gasteiger partial charge in [-0.25, -0.2) is 4.79 Å². The first-order valence-corrected chi connectivity index (χ1v) is 11.0. The molecular weight excluding hydrogens is 436 g/mol. The van der Waals surface area contributed by atoms with E-state index in [4.69, 9.17) is 10.6 Å². The minimum atomic E-state index is -0.611. The van der Waals surface area contributed by atoms with Gasteiger partial charge >= 0.3 is 6.03 Å². The molecule has 1 fully saturated rings. The average molecular weight is 460 g/mol. The molecule has 0 radical (unpaired) electrons. The molecule has 5 rings (SSSR count). The fraction of sp³-hybridized carbons (Fsp3) is 0.250. The van der Waals surface area contributed by atoms with Crippen LogP contribution in [-0.2, 0) is 27.6 Å². The van der Waals surface area contributed by atoms with Crippen LogP contribution in [0.25, 0.3) is 0 Å². The third-order valence-corrected chi connectivity index (χ3v) is 5.93. The van der Waals surface area contributed by atoms with Crippen LogP contribution < -0.4 is 11.1 Å². The Balaban J connectivity index is 1.38. The van der Waals surface area contributed by atoms with Gasteiger partial charge in [0.05, 0.1) is 24.7 Å². The lowest BCUT2D eigenvalue weighted by Crippen LogP contribution is -2.36. The van der Waals surface area contributed by atoms with Crippen molar-refractivity contribution < 1.29 is 19.2 Å². The number of amides is 4. The van der Waals surface area contributed by atoms with Gasteiger partial charge in [-0.1, -0.05) is 48.5 Å². The number of rotatable bonds is 8. The van der Waals surface area contributed by atoms with Crippen molar-refractivity contribution in [2.75, 3.05) is 11.9 Å². The number of carbonyl (C=O) groups is 3. The van der Waals surface area contributed by atoms with Crippen LogP contribution in [0.5, 0.6) is 0 Å². The van der Waals surface area contributed by atoms with Crippen LogP contribution in [0.4, 0.5) is 10.5 Å². The Bertz CT molecular complexity index is 1210. The first-order valence-electron chi connectivity index (χ1n) is 11.0. The van der Waals surface area contributed by atoms with E-state index in [2.05, 4.69) is 10.4 Å². The zero-order valence-electron chi connectivity index (χ0n) is 18.3. The normalized spacial score (nSPS) is 18.6. The van der Waals surface area contributed by atoms with Crippen LogP contribution >= 0.6 is 0 Å². The molecule has 10 nitrogen and oxygen atoms in total. The highest BCUT2D eigenvalue weighted by molar-refractivity contribution is 5.90. The van der Waals surface area contributed by atoms with Gasteiger partial charge in [-0.2, -0.15) is 10.2 Å². The van der Waals surface area contributed by atoms with Gasteiger partial charge in [-0.15, -0.1) is 0 Å². The number of carbonyl (C=O) groups excluding carboxylic acids is 3. The summed E-state index contributed by atoms with van der Waals surface area (Å²) < 4.78 is 1.53. The van der Waals surface area contributed by atoms with E-state index in [0.717, 1.165) is 11.1 Å². The molecular formula is C24H24N6O4. The van der Waals surface area contributed by atoms with Gasteiger partial charge < -0.3 is 16.0 Å². The van der Waals surface area contributed by atoms with Crippen molar-refractivity contribution in [3.05, 3.63) is 83.7 Å². The molecule has 3 heterocycles. The van der Waals surface area contributed by atoms with E-state index in [0.29, 0.717) is 17.9 Å². The number of anilines is 1. The first kappa shape index (κ1) is 21.7. The number of nitrogens with zero attached hydrogens (tertiary/aromatic N) is 4. The first-order chi connectivity index (χ1) is 16.5. The summed E-state index contributed by atoms with van der Waals surface area (Å²) in [4.78, 5) is 44.9. The number of hydrogen-bond acceptors (Lipinski definition) is 5. The molecule has 4 amide bonds. The Hall–Kier alpha value is -4.18. The summed E-state index contributed by atoms with van der Waals surface area (Å²) in [5.74, 6) is -0.779. The van der Waals surface area contributed by atoms with Crippen molar-refractivity contribution in [2.24, 2.45) is 5.73 Å². The Morgan fingerprint density at radius 1 is 1.09 bits per heavy atom. The summed E-state index contributed by atoms with van der Waals surface area (Å²) in [6, 6.07) is 17.3. The number of nitrogens with one attached hydrogen (secondary N) is 1. The second-order valence-corrected chi connectivity index (χ2v) is 8.30. The molecule has 174 valence electrons. The summed E-state index contributed by atoms with van der Waals surface area (Å²) in [5, 5.41) is 8.73. The van der Waals surface area contributed by atoms with Crippen LogP contribution in [0.3, 0.4) is 0 Å². The molecule has 0 aliphatic carbocycles. The summed E-state index contributed by atoms with van der Waals surface area (Å²) in [7, 11) is 0. The highest BCUT2D eigenvalue weighted by Gasteiger charge is 2.50.